The van der Waals surface area contributed by atoms with Crippen molar-refractivity contribution in [2.24, 2.45) is 11.8 Å². The number of esters is 1. The van der Waals surface area contributed by atoms with Gasteiger partial charge in [0.1, 0.15) is 23.6 Å². The minimum atomic E-state index is -4.62. The van der Waals surface area contributed by atoms with E-state index in [9.17, 15) is 37.1 Å². The van der Waals surface area contributed by atoms with Crippen molar-refractivity contribution in [3.8, 4) is 0 Å². The average molecular weight is 797 g/mol. The summed E-state index contributed by atoms with van der Waals surface area (Å²) in [6.45, 7) is 7.37. The summed E-state index contributed by atoms with van der Waals surface area (Å²) in [7, 11) is 0. The molecule has 0 aliphatic carbocycles. The van der Waals surface area contributed by atoms with Gasteiger partial charge < -0.3 is 34.2 Å². The molecule has 12 nitrogen and oxygen atoms in total. The Morgan fingerprint density at radius 3 is 2.23 bits per heavy atom. The molecule has 4 aliphatic heterocycles. The maximum absolute atomic E-state index is 14.4. The molecule has 5 atom stereocenters. The first-order valence-corrected chi connectivity index (χ1v) is 19.1. The standard InChI is InChI=1S/C40H43F3N4O8S/c1-5-18-53-38(52)46-21-28(29(22-46)40(41,42)43)20-45-17-16-26(33(45)48)19-27-23-56-35-30(44-37(51)55-39(2,3)4)34(49)47(35)31(27)36(50)54-32(24-12-8-6-9-13-24)25-14-10-7-11-15-25/h5-15,19,23,28-32,35H,1,16-18,20-22H2,2-4H3,(H,44,51)/t28-,29-,30+,31+,35+/m0/s1. The summed E-state index contributed by atoms with van der Waals surface area (Å²) in [5, 5.41) is 3.52. The molecule has 6 rings (SSSR count). The summed E-state index contributed by atoms with van der Waals surface area (Å²) in [5.74, 6) is -4.83. The van der Waals surface area contributed by atoms with Crippen molar-refractivity contribution in [3.05, 3.63) is 107 Å². The van der Waals surface area contributed by atoms with Crippen LogP contribution in [0.25, 0.3) is 0 Å². The Morgan fingerprint density at radius 2 is 1.64 bits per heavy atom. The lowest BCUT2D eigenvalue weighted by atomic mass is 9.95. The Labute approximate surface area is 326 Å². The summed E-state index contributed by atoms with van der Waals surface area (Å²) < 4.78 is 58.9. The topological polar surface area (TPSA) is 135 Å². The molecular weight excluding hydrogens is 754 g/mol. The predicted molar refractivity (Wildman–Crippen MR) is 200 cm³/mol. The zero-order chi connectivity index (χ0) is 40.4. The van der Waals surface area contributed by atoms with Crippen LogP contribution in [0.4, 0.5) is 22.8 Å². The number of fused-ring (bicyclic) bond motifs is 1. The predicted octanol–water partition coefficient (Wildman–Crippen LogP) is 5.97. The third-order valence-corrected chi connectivity index (χ3v) is 11.0. The van der Waals surface area contributed by atoms with Crippen molar-refractivity contribution in [1.29, 1.82) is 0 Å². The highest BCUT2D eigenvalue weighted by Crippen LogP contribution is 2.43. The van der Waals surface area contributed by atoms with E-state index in [0.29, 0.717) is 11.1 Å². The third kappa shape index (κ3) is 8.90. The summed E-state index contributed by atoms with van der Waals surface area (Å²) in [6.07, 6.45) is -4.20. The second-order valence-corrected chi connectivity index (χ2v) is 15.9. The van der Waals surface area contributed by atoms with Gasteiger partial charge in [-0.1, -0.05) is 73.3 Å². The van der Waals surface area contributed by atoms with E-state index in [-0.39, 0.29) is 43.8 Å². The number of amides is 4. The Morgan fingerprint density at radius 1 is 1.00 bits per heavy atom. The van der Waals surface area contributed by atoms with Gasteiger partial charge in [0, 0.05) is 37.7 Å². The Hall–Kier alpha value is -5.25. The number of nitrogens with zero attached hydrogens (tertiary/aromatic N) is 3. The van der Waals surface area contributed by atoms with Crippen molar-refractivity contribution in [1.82, 2.24) is 20.0 Å². The zero-order valence-electron chi connectivity index (χ0n) is 31.1. The highest BCUT2D eigenvalue weighted by Gasteiger charge is 2.57. The maximum Gasteiger partial charge on any atom is 0.410 e. The molecule has 3 saturated heterocycles. The van der Waals surface area contributed by atoms with Gasteiger partial charge >= 0.3 is 24.3 Å². The van der Waals surface area contributed by atoms with Crippen LogP contribution in [-0.4, -0.2) is 107 Å². The molecule has 0 saturated carbocycles. The van der Waals surface area contributed by atoms with E-state index < -0.39 is 83.7 Å². The van der Waals surface area contributed by atoms with E-state index in [1.165, 1.54) is 22.0 Å². The van der Waals surface area contributed by atoms with E-state index in [1.54, 1.807) is 50.4 Å². The van der Waals surface area contributed by atoms with Crippen LogP contribution < -0.4 is 5.32 Å². The molecule has 1 N–H and O–H groups in total. The summed E-state index contributed by atoms with van der Waals surface area (Å²) in [4.78, 5) is 70.6. The minimum absolute atomic E-state index is 0.111. The van der Waals surface area contributed by atoms with Gasteiger partial charge in [-0.2, -0.15) is 13.2 Å². The van der Waals surface area contributed by atoms with Gasteiger partial charge in [-0.05, 0) is 55.4 Å². The van der Waals surface area contributed by atoms with Crippen LogP contribution in [0.5, 0.6) is 0 Å². The van der Waals surface area contributed by atoms with Crippen molar-refractivity contribution in [2.75, 3.05) is 32.8 Å². The molecule has 0 unspecified atom stereocenters. The molecule has 4 aliphatic rings. The van der Waals surface area contributed by atoms with Crippen molar-refractivity contribution in [3.63, 3.8) is 0 Å². The Bertz CT molecular complexity index is 1860. The monoisotopic (exact) mass is 796 g/mol. The number of β-lactam (4-membered cyclic amide) rings is 1. The first-order valence-electron chi connectivity index (χ1n) is 18.1. The normalized spacial score (nSPS) is 24.4. The summed E-state index contributed by atoms with van der Waals surface area (Å²) in [5.41, 5.74) is 1.03. The molecule has 0 aromatic heterocycles. The Balaban J connectivity index is 1.26. The molecule has 0 bridgehead atoms. The molecular formula is C40H43F3N4O8S. The largest absolute Gasteiger partial charge is 0.451 e. The number of hydrogen-bond acceptors (Lipinski definition) is 9. The van der Waals surface area contributed by atoms with Crippen molar-refractivity contribution >= 4 is 41.7 Å². The van der Waals surface area contributed by atoms with Gasteiger partial charge in [-0.15, -0.1) is 11.8 Å². The number of rotatable bonds is 10. The molecule has 2 aromatic rings. The van der Waals surface area contributed by atoms with E-state index in [1.807, 2.05) is 36.4 Å². The lowest BCUT2D eigenvalue weighted by molar-refractivity contribution is -0.181. The fourth-order valence-electron chi connectivity index (χ4n) is 7.23. The van der Waals surface area contributed by atoms with Crippen LogP contribution in [0.3, 0.4) is 0 Å². The number of benzene rings is 2. The lowest BCUT2D eigenvalue weighted by Crippen LogP contribution is -2.74. The highest BCUT2D eigenvalue weighted by molar-refractivity contribution is 8.03. The number of alkyl halides is 3. The van der Waals surface area contributed by atoms with Gasteiger partial charge in [0.25, 0.3) is 0 Å². The smallest absolute Gasteiger partial charge is 0.410 e. The summed E-state index contributed by atoms with van der Waals surface area (Å²) in [6, 6.07) is 15.8. The number of ether oxygens (including phenoxy) is 3. The van der Waals surface area contributed by atoms with Crippen LogP contribution in [0, 0.1) is 11.8 Å². The zero-order valence-corrected chi connectivity index (χ0v) is 31.9. The molecule has 298 valence electrons. The van der Waals surface area contributed by atoms with E-state index in [4.69, 9.17) is 14.2 Å². The van der Waals surface area contributed by atoms with Crippen LogP contribution in [-0.2, 0) is 28.6 Å². The summed E-state index contributed by atoms with van der Waals surface area (Å²) >= 11 is 1.16. The fraction of sp³-hybridized carbons (Fsp3) is 0.425. The van der Waals surface area contributed by atoms with E-state index in [0.717, 1.165) is 16.7 Å². The van der Waals surface area contributed by atoms with Crippen molar-refractivity contribution in [2.45, 2.75) is 62.5 Å². The van der Waals surface area contributed by atoms with Crippen LogP contribution in [0.15, 0.2) is 95.9 Å². The number of likely N-dealkylation sites (tertiary alicyclic amines) is 2. The second-order valence-electron chi connectivity index (χ2n) is 14.9. The number of hydrogen-bond donors (Lipinski definition) is 1. The molecule has 2 aromatic carbocycles. The molecule has 3 fully saturated rings. The first-order chi connectivity index (χ1) is 26.6. The van der Waals surface area contributed by atoms with Gasteiger partial charge in [0.15, 0.2) is 12.1 Å². The third-order valence-electron chi connectivity index (χ3n) is 9.80. The molecule has 4 heterocycles. The maximum atomic E-state index is 14.4. The van der Waals surface area contributed by atoms with Gasteiger partial charge in [0.05, 0.1) is 5.92 Å². The fourth-order valence-corrected chi connectivity index (χ4v) is 8.42. The molecule has 16 heteroatoms. The SMILES string of the molecule is C=CCOC(=O)N1C[C@H](CN2CCC(=CC3=CS[C@@H]4[C@H](NC(=O)OC(C)(C)C)C(=O)N4[C@H]3C(=O)OC(c3ccccc3)c3ccccc3)C2=O)[C@@H](C(F)(F)F)C1. The molecule has 4 amide bonds. The second kappa shape index (κ2) is 16.5. The number of carbonyl (C=O) groups is 5. The minimum Gasteiger partial charge on any atom is -0.451 e. The number of nitrogens with one attached hydrogen (secondary N) is 1. The number of carbonyl (C=O) groups excluding carboxylic acids is 5. The van der Waals surface area contributed by atoms with Gasteiger partial charge in [-0.25, -0.2) is 14.4 Å². The quantitative estimate of drug-likeness (QED) is 0.102. The number of alkyl carbamates (subject to hydrolysis) is 1. The van der Waals surface area contributed by atoms with Crippen LogP contribution >= 0.6 is 11.8 Å². The molecule has 56 heavy (non-hydrogen) atoms. The van der Waals surface area contributed by atoms with Crippen LogP contribution in [0.1, 0.15) is 44.4 Å². The molecule has 0 spiro atoms. The first kappa shape index (κ1) is 40.4. The highest BCUT2D eigenvalue weighted by atomic mass is 32.2. The van der Waals surface area contributed by atoms with Gasteiger partial charge in [-0.3, -0.25) is 9.59 Å². The van der Waals surface area contributed by atoms with Crippen LogP contribution in [0.2, 0.25) is 0 Å². The number of halogens is 3. The average Bonchev–Trinajstić information content (AvgIpc) is 3.75. The van der Waals surface area contributed by atoms with E-state index >= 15 is 0 Å². The van der Waals surface area contributed by atoms with Gasteiger partial charge in [0.2, 0.25) is 11.8 Å². The van der Waals surface area contributed by atoms with Crippen molar-refractivity contribution < 1.29 is 51.4 Å². The van der Waals surface area contributed by atoms with E-state index in [2.05, 4.69) is 11.9 Å². The number of thioether (sulfide) groups is 1. The lowest BCUT2D eigenvalue weighted by Gasteiger charge is -2.51. The Kier molecular flexibility index (Phi) is 11.9. The molecule has 0 radical (unpaired) electrons.